The number of benzene rings is 3. The Hall–Kier alpha value is -3.71. The second kappa shape index (κ2) is 7.52. The third-order valence-corrected chi connectivity index (χ3v) is 6.02. The van der Waals surface area contributed by atoms with Gasteiger partial charge in [-0.25, -0.2) is 0 Å². The average molecular weight is 410 g/mol. The van der Waals surface area contributed by atoms with Gasteiger partial charge in [0, 0.05) is 24.5 Å². The SMILES string of the molecule is C1=C(c2ccc(N3CCOCC3)cc2)Nc2nnnn2[C@@H]1c1cccc2ccccc12. The molecule has 0 aliphatic carbocycles. The second-order valence-electron chi connectivity index (χ2n) is 7.81. The van der Waals surface area contributed by atoms with Crippen molar-refractivity contribution in [2.24, 2.45) is 0 Å². The van der Waals surface area contributed by atoms with Gasteiger partial charge in [0.15, 0.2) is 0 Å². The summed E-state index contributed by atoms with van der Waals surface area (Å²) in [6.07, 6.45) is 2.20. The first-order chi connectivity index (χ1) is 15.4. The molecule has 2 aliphatic heterocycles. The number of allylic oxidation sites excluding steroid dienone is 1. The Balaban J connectivity index is 1.39. The van der Waals surface area contributed by atoms with E-state index >= 15 is 0 Å². The van der Waals surface area contributed by atoms with E-state index in [2.05, 4.69) is 98.5 Å². The van der Waals surface area contributed by atoms with Gasteiger partial charge in [0.2, 0.25) is 5.95 Å². The van der Waals surface area contributed by atoms with Gasteiger partial charge in [-0.1, -0.05) is 59.7 Å². The van der Waals surface area contributed by atoms with Crippen molar-refractivity contribution in [3.63, 3.8) is 0 Å². The summed E-state index contributed by atoms with van der Waals surface area (Å²) in [6.45, 7) is 3.42. The first kappa shape index (κ1) is 18.1. The predicted octanol–water partition coefficient (Wildman–Crippen LogP) is 3.72. The average Bonchev–Trinajstić information content (AvgIpc) is 3.33. The first-order valence-electron chi connectivity index (χ1n) is 10.5. The van der Waals surface area contributed by atoms with Crippen LogP contribution in [0.2, 0.25) is 0 Å². The Morgan fingerprint density at radius 1 is 0.903 bits per heavy atom. The Morgan fingerprint density at radius 2 is 1.71 bits per heavy atom. The smallest absolute Gasteiger partial charge is 0.248 e. The highest BCUT2D eigenvalue weighted by Gasteiger charge is 2.25. The summed E-state index contributed by atoms with van der Waals surface area (Å²) >= 11 is 0. The molecule has 7 heteroatoms. The molecule has 4 aromatic rings. The lowest BCUT2D eigenvalue weighted by Crippen LogP contribution is -2.36. The second-order valence-corrected chi connectivity index (χ2v) is 7.81. The monoisotopic (exact) mass is 410 g/mol. The van der Waals surface area contributed by atoms with Gasteiger partial charge in [0.05, 0.1) is 13.2 Å². The molecule has 0 unspecified atom stereocenters. The lowest BCUT2D eigenvalue weighted by Gasteiger charge is -2.29. The summed E-state index contributed by atoms with van der Waals surface area (Å²) in [7, 11) is 0. The standard InChI is InChI=1S/C24H22N6O/c1-2-6-20-17(4-1)5-3-7-21(20)23-16-22(25-24-26-27-28-30(23)24)18-8-10-19(11-9-18)29-12-14-31-15-13-29/h1-11,16,23H,12-15H2,(H,25,26,28)/t23-/m0/s1. The number of anilines is 2. The van der Waals surface area contributed by atoms with Crippen LogP contribution in [0.1, 0.15) is 17.2 Å². The van der Waals surface area contributed by atoms with Crippen molar-refractivity contribution in [3.8, 4) is 0 Å². The normalized spacial score (nSPS) is 18.4. The summed E-state index contributed by atoms with van der Waals surface area (Å²) < 4.78 is 7.31. The summed E-state index contributed by atoms with van der Waals surface area (Å²) in [4.78, 5) is 2.36. The van der Waals surface area contributed by atoms with E-state index in [4.69, 9.17) is 4.74 Å². The van der Waals surface area contributed by atoms with Gasteiger partial charge in [-0.3, -0.25) is 0 Å². The van der Waals surface area contributed by atoms with Crippen LogP contribution in [0.3, 0.4) is 0 Å². The zero-order chi connectivity index (χ0) is 20.6. The van der Waals surface area contributed by atoms with Crippen molar-refractivity contribution in [1.29, 1.82) is 0 Å². The molecule has 1 saturated heterocycles. The number of fused-ring (bicyclic) bond motifs is 2. The fourth-order valence-electron chi connectivity index (χ4n) is 4.43. The molecule has 0 radical (unpaired) electrons. The molecule has 6 rings (SSSR count). The van der Waals surface area contributed by atoms with E-state index in [0.29, 0.717) is 5.95 Å². The highest BCUT2D eigenvalue weighted by molar-refractivity contribution is 5.87. The molecular weight excluding hydrogens is 388 g/mol. The Kier molecular flexibility index (Phi) is 4.39. The van der Waals surface area contributed by atoms with Crippen LogP contribution in [-0.2, 0) is 4.74 Å². The third kappa shape index (κ3) is 3.23. The number of morpholine rings is 1. The van der Waals surface area contributed by atoms with Crippen LogP contribution in [-0.4, -0.2) is 46.5 Å². The molecule has 3 aromatic carbocycles. The van der Waals surface area contributed by atoms with E-state index in [-0.39, 0.29) is 6.04 Å². The molecule has 1 N–H and O–H groups in total. The van der Waals surface area contributed by atoms with Crippen LogP contribution in [0.25, 0.3) is 16.5 Å². The number of nitrogens with zero attached hydrogens (tertiary/aromatic N) is 5. The van der Waals surface area contributed by atoms with Crippen molar-refractivity contribution in [3.05, 3.63) is 83.9 Å². The van der Waals surface area contributed by atoms with E-state index in [1.165, 1.54) is 22.0 Å². The third-order valence-electron chi connectivity index (χ3n) is 6.02. The Morgan fingerprint density at radius 3 is 2.58 bits per heavy atom. The molecule has 3 heterocycles. The molecule has 0 saturated carbocycles. The first-order valence-corrected chi connectivity index (χ1v) is 10.5. The number of tetrazole rings is 1. The van der Waals surface area contributed by atoms with Crippen LogP contribution in [0.5, 0.6) is 0 Å². The molecule has 7 nitrogen and oxygen atoms in total. The minimum absolute atomic E-state index is 0.0914. The highest BCUT2D eigenvalue weighted by atomic mass is 16.5. The quantitative estimate of drug-likeness (QED) is 0.555. The number of ether oxygens (including phenoxy) is 1. The minimum atomic E-state index is -0.0914. The van der Waals surface area contributed by atoms with Crippen molar-refractivity contribution in [2.75, 3.05) is 36.5 Å². The summed E-state index contributed by atoms with van der Waals surface area (Å²) in [5.41, 5.74) is 4.51. The van der Waals surface area contributed by atoms with Crippen molar-refractivity contribution >= 4 is 28.1 Å². The van der Waals surface area contributed by atoms with E-state index in [9.17, 15) is 0 Å². The largest absolute Gasteiger partial charge is 0.378 e. The number of nitrogens with one attached hydrogen (secondary N) is 1. The number of hydrogen-bond acceptors (Lipinski definition) is 6. The van der Waals surface area contributed by atoms with Crippen molar-refractivity contribution in [2.45, 2.75) is 6.04 Å². The zero-order valence-electron chi connectivity index (χ0n) is 17.0. The van der Waals surface area contributed by atoms with Gasteiger partial charge in [-0.05, 0) is 50.5 Å². The molecule has 2 aliphatic rings. The van der Waals surface area contributed by atoms with E-state index in [0.717, 1.165) is 37.6 Å². The molecule has 1 atom stereocenters. The number of hydrogen-bond donors (Lipinski definition) is 1. The fourth-order valence-corrected chi connectivity index (χ4v) is 4.43. The highest BCUT2D eigenvalue weighted by Crippen LogP contribution is 2.35. The minimum Gasteiger partial charge on any atom is -0.378 e. The topological polar surface area (TPSA) is 68.1 Å². The molecule has 154 valence electrons. The Labute approximate surface area is 179 Å². The van der Waals surface area contributed by atoms with E-state index < -0.39 is 0 Å². The van der Waals surface area contributed by atoms with Crippen molar-refractivity contribution < 1.29 is 4.74 Å². The number of rotatable bonds is 3. The lowest BCUT2D eigenvalue weighted by molar-refractivity contribution is 0.122. The van der Waals surface area contributed by atoms with Gasteiger partial charge in [-0.15, -0.1) is 0 Å². The maximum absolute atomic E-state index is 5.47. The van der Waals surface area contributed by atoms with E-state index in [1.807, 2.05) is 4.68 Å². The summed E-state index contributed by atoms with van der Waals surface area (Å²) in [5.74, 6) is 0.646. The Bertz CT molecular complexity index is 1250. The molecule has 0 amide bonds. The molecule has 0 bridgehead atoms. The van der Waals surface area contributed by atoms with Crippen LogP contribution in [0, 0.1) is 0 Å². The number of aromatic nitrogens is 4. The fraction of sp³-hybridized carbons (Fsp3) is 0.208. The van der Waals surface area contributed by atoms with Crippen molar-refractivity contribution in [1.82, 2.24) is 20.2 Å². The molecule has 1 fully saturated rings. The van der Waals surface area contributed by atoms with Crippen LogP contribution in [0.4, 0.5) is 11.6 Å². The molecular formula is C24H22N6O. The molecule has 0 spiro atoms. The molecule has 31 heavy (non-hydrogen) atoms. The van der Waals surface area contributed by atoms with Crippen LogP contribution < -0.4 is 10.2 Å². The maximum atomic E-state index is 5.47. The van der Waals surface area contributed by atoms with Gasteiger partial charge in [0.1, 0.15) is 6.04 Å². The van der Waals surface area contributed by atoms with Crippen LogP contribution >= 0.6 is 0 Å². The van der Waals surface area contributed by atoms with Gasteiger partial charge >= 0.3 is 0 Å². The van der Waals surface area contributed by atoms with Crippen LogP contribution in [0.15, 0.2) is 72.8 Å². The summed E-state index contributed by atoms with van der Waals surface area (Å²) in [5, 5.41) is 18.2. The lowest BCUT2D eigenvalue weighted by atomic mass is 9.96. The molecule has 1 aromatic heterocycles. The summed E-state index contributed by atoms with van der Waals surface area (Å²) in [6, 6.07) is 23.4. The van der Waals surface area contributed by atoms with Gasteiger partial charge in [0.25, 0.3) is 0 Å². The zero-order valence-corrected chi connectivity index (χ0v) is 17.0. The van der Waals surface area contributed by atoms with Gasteiger partial charge in [-0.2, -0.15) is 4.68 Å². The predicted molar refractivity (Wildman–Crippen MR) is 121 cm³/mol. The van der Waals surface area contributed by atoms with E-state index in [1.54, 1.807) is 0 Å². The maximum Gasteiger partial charge on any atom is 0.248 e. The van der Waals surface area contributed by atoms with Gasteiger partial charge < -0.3 is 15.0 Å².